The van der Waals surface area contributed by atoms with Crippen molar-refractivity contribution in [2.45, 2.75) is 6.92 Å². The zero-order valence-corrected chi connectivity index (χ0v) is 14.4. The van der Waals surface area contributed by atoms with E-state index in [1.807, 2.05) is 13.0 Å². The van der Waals surface area contributed by atoms with Crippen LogP contribution in [0.1, 0.15) is 5.56 Å². The monoisotopic (exact) mass is 396 g/mol. The Morgan fingerprint density at radius 3 is 2.52 bits per heavy atom. The average molecular weight is 397 g/mol. The lowest BCUT2D eigenvalue weighted by Gasteiger charge is -2.13. The predicted octanol–water partition coefficient (Wildman–Crippen LogP) is 4.42. The smallest absolute Gasteiger partial charge is 0.348 e. The second-order valence-electron chi connectivity index (χ2n) is 6.03. The van der Waals surface area contributed by atoms with Crippen molar-refractivity contribution >= 4 is 59.4 Å². The summed E-state index contributed by atoms with van der Waals surface area (Å²) in [6.45, 7) is 1.86. The first-order chi connectivity index (χ1) is 12.0. The van der Waals surface area contributed by atoms with Crippen LogP contribution in [0.25, 0.3) is 43.5 Å². The number of hydrogen-bond donors (Lipinski definition) is 1. The Labute approximate surface area is 147 Å². The van der Waals surface area contributed by atoms with Crippen molar-refractivity contribution in [1.29, 1.82) is 0 Å². The summed E-state index contributed by atoms with van der Waals surface area (Å²) in [6.07, 6.45) is 0. The summed E-state index contributed by atoms with van der Waals surface area (Å²) in [6, 6.07) is 8.55. The molecule has 0 saturated carbocycles. The summed E-state index contributed by atoms with van der Waals surface area (Å²) in [5.41, 5.74) is 0.195. The van der Waals surface area contributed by atoms with Crippen molar-refractivity contribution in [3.8, 4) is 5.75 Å². The fourth-order valence-electron chi connectivity index (χ4n) is 3.58. The lowest BCUT2D eigenvalue weighted by molar-refractivity contribution is 0.483. The molecule has 0 aliphatic rings. The van der Waals surface area contributed by atoms with Gasteiger partial charge in [-0.3, -0.25) is 0 Å². The maximum absolute atomic E-state index is 12.6. The van der Waals surface area contributed by atoms with Crippen LogP contribution in [0, 0.1) is 6.92 Å². The summed E-state index contributed by atoms with van der Waals surface area (Å²) in [5, 5.41) is 13.0. The molecule has 5 rings (SSSR count). The molecule has 25 heavy (non-hydrogen) atoms. The maximum atomic E-state index is 12.6. The molecule has 6 heteroatoms. The number of benzene rings is 3. The highest BCUT2D eigenvalue weighted by Gasteiger charge is 2.24. The molecule has 0 saturated heterocycles. The Hall–Kier alpha value is -2.86. The van der Waals surface area contributed by atoms with Gasteiger partial charge in [0.2, 0.25) is 0 Å². The summed E-state index contributed by atoms with van der Waals surface area (Å²) in [5.74, 6) is -0.167. The highest BCUT2D eigenvalue weighted by molar-refractivity contribution is 9.10. The Kier molecular flexibility index (Phi) is 2.67. The molecule has 0 radical (unpaired) electrons. The topological polar surface area (TPSA) is 80.6 Å². The SMILES string of the molecule is Cc1cccc2c(O)c3c(=O)oc4cc(Br)cc5c(=O)oc(c12)c3c45. The van der Waals surface area contributed by atoms with Crippen molar-refractivity contribution in [2.24, 2.45) is 0 Å². The van der Waals surface area contributed by atoms with Crippen molar-refractivity contribution in [3.05, 3.63) is 61.2 Å². The molecule has 0 aliphatic carbocycles. The third-order valence-corrected chi connectivity index (χ3v) is 5.07. The first-order valence-electron chi connectivity index (χ1n) is 7.54. The van der Waals surface area contributed by atoms with Gasteiger partial charge >= 0.3 is 11.3 Å². The molecule has 1 N–H and O–H groups in total. The van der Waals surface area contributed by atoms with Crippen molar-refractivity contribution in [1.82, 2.24) is 0 Å². The molecule has 0 unspecified atom stereocenters. The molecule has 2 aromatic heterocycles. The van der Waals surface area contributed by atoms with E-state index in [2.05, 4.69) is 15.9 Å². The Bertz CT molecular complexity index is 1460. The van der Waals surface area contributed by atoms with Crippen molar-refractivity contribution < 1.29 is 13.9 Å². The van der Waals surface area contributed by atoms with E-state index in [1.165, 1.54) is 0 Å². The number of aromatic hydroxyl groups is 1. The number of rotatable bonds is 0. The van der Waals surface area contributed by atoms with Crippen LogP contribution < -0.4 is 11.3 Å². The molecule has 0 aliphatic heterocycles. The normalized spacial score (nSPS) is 12.1. The summed E-state index contributed by atoms with van der Waals surface area (Å²) in [7, 11) is 0. The van der Waals surface area contributed by atoms with Crippen LogP contribution in [-0.2, 0) is 0 Å². The van der Waals surface area contributed by atoms with Gasteiger partial charge in [0.15, 0.2) is 0 Å². The third-order valence-electron chi connectivity index (χ3n) is 4.61. The number of hydrogen-bond acceptors (Lipinski definition) is 5. The van der Waals surface area contributed by atoms with Gasteiger partial charge < -0.3 is 13.9 Å². The molecule has 2 heterocycles. The lowest BCUT2D eigenvalue weighted by Crippen LogP contribution is -2.07. The molecule has 0 bridgehead atoms. The second-order valence-corrected chi connectivity index (χ2v) is 6.95. The number of fused-ring (bicyclic) bond motifs is 2. The molecular formula is C19H9BrO5. The third kappa shape index (κ3) is 1.72. The van der Waals surface area contributed by atoms with Crippen LogP contribution in [0.15, 0.2) is 53.2 Å². The zero-order valence-electron chi connectivity index (χ0n) is 12.8. The highest BCUT2D eigenvalue weighted by atomic mass is 79.9. The summed E-state index contributed by atoms with van der Waals surface area (Å²) in [4.78, 5) is 25.1. The van der Waals surface area contributed by atoms with E-state index in [0.29, 0.717) is 31.6 Å². The van der Waals surface area contributed by atoms with E-state index < -0.39 is 11.3 Å². The van der Waals surface area contributed by atoms with Gasteiger partial charge in [-0.05, 0) is 24.6 Å². The number of aryl methyl sites for hydroxylation is 1. The largest absolute Gasteiger partial charge is 0.506 e. The van der Waals surface area contributed by atoms with E-state index in [9.17, 15) is 14.7 Å². The van der Waals surface area contributed by atoms with Crippen molar-refractivity contribution in [2.75, 3.05) is 0 Å². The van der Waals surface area contributed by atoms with Crippen LogP contribution in [0.4, 0.5) is 0 Å². The lowest BCUT2D eigenvalue weighted by atomic mass is 9.95. The molecular weight excluding hydrogens is 388 g/mol. The van der Waals surface area contributed by atoms with Gasteiger partial charge in [0.25, 0.3) is 0 Å². The van der Waals surface area contributed by atoms with E-state index >= 15 is 0 Å². The number of phenolic OH excluding ortho intramolecular Hbond substituents is 1. The van der Waals surface area contributed by atoms with Crippen LogP contribution in [0.2, 0.25) is 0 Å². The summed E-state index contributed by atoms with van der Waals surface area (Å²) >= 11 is 3.31. The quantitative estimate of drug-likeness (QED) is 0.238. The van der Waals surface area contributed by atoms with Crippen LogP contribution in [-0.4, -0.2) is 5.11 Å². The van der Waals surface area contributed by atoms with Crippen LogP contribution in [0.5, 0.6) is 5.75 Å². The van der Waals surface area contributed by atoms with E-state index in [-0.39, 0.29) is 22.1 Å². The fourth-order valence-corrected chi connectivity index (χ4v) is 4.01. The minimum atomic E-state index is -0.674. The number of halogens is 1. The van der Waals surface area contributed by atoms with Crippen molar-refractivity contribution in [3.63, 3.8) is 0 Å². The van der Waals surface area contributed by atoms with Gasteiger partial charge in [0.05, 0.1) is 5.39 Å². The Morgan fingerprint density at radius 1 is 0.920 bits per heavy atom. The minimum Gasteiger partial charge on any atom is -0.506 e. The van der Waals surface area contributed by atoms with E-state index in [1.54, 1.807) is 24.3 Å². The first-order valence-corrected chi connectivity index (χ1v) is 8.33. The van der Waals surface area contributed by atoms with Crippen LogP contribution >= 0.6 is 15.9 Å². The molecule has 122 valence electrons. The fraction of sp³-hybridized carbons (Fsp3) is 0.0526. The van der Waals surface area contributed by atoms with Gasteiger partial charge in [-0.25, -0.2) is 9.59 Å². The van der Waals surface area contributed by atoms with Gasteiger partial charge in [-0.2, -0.15) is 0 Å². The van der Waals surface area contributed by atoms with E-state index in [4.69, 9.17) is 8.83 Å². The molecule has 0 atom stereocenters. The minimum absolute atomic E-state index is 0.0247. The van der Waals surface area contributed by atoms with E-state index in [0.717, 1.165) is 5.56 Å². The molecule has 0 fully saturated rings. The number of phenols is 1. The standard InChI is InChI=1S/C19H9BrO5/c1-7-3-2-4-9-12(7)17-14-13-10(18(22)25-17)5-8(20)6-11(13)24-19(23)15(14)16(9)21/h2-6,21H,1H3. The predicted molar refractivity (Wildman–Crippen MR) is 98.8 cm³/mol. The second kappa shape index (κ2) is 4.61. The zero-order chi connectivity index (χ0) is 17.5. The summed E-state index contributed by atoms with van der Waals surface area (Å²) < 4.78 is 11.6. The Morgan fingerprint density at radius 2 is 1.72 bits per heavy atom. The van der Waals surface area contributed by atoms with Gasteiger partial charge in [-0.15, -0.1) is 0 Å². The average Bonchev–Trinajstić information content (AvgIpc) is 2.56. The molecule has 3 aromatic carbocycles. The van der Waals surface area contributed by atoms with Crippen LogP contribution in [0.3, 0.4) is 0 Å². The van der Waals surface area contributed by atoms with Gasteiger partial charge in [0, 0.05) is 26.0 Å². The highest BCUT2D eigenvalue weighted by Crippen LogP contribution is 2.42. The van der Waals surface area contributed by atoms with Gasteiger partial charge in [-0.1, -0.05) is 34.1 Å². The Balaban J connectivity index is 2.33. The molecule has 0 spiro atoms. The molecule has 0 amide bonds. The first kappa shape index (κ1) is 14.5. The maximum Gasteiger partial charge on any atom is 0.348 e. The van der Waals surface area contributed by atoms with Gasteiger partial charge in [0.1, 0.15) is 22.3 Å². The molecule has 5 aromatic rings. The molecule has 5 nitrogen and oxygen atoms in total.